The molecule has 1 amide bonds. The maximum atomic E-state index is 11.8. The molecule has 0 fully saturated rings. The highest BCUT2D eigenvalue weighted by molar-refractivity contribution is 5.94. The molecule has 1 aliphatic heterocycles. The molecule has 0 saturated heterocycles. The Bertz CT molecular complexity index is 495. The van der Waals surface area contributed by atoms with Crippen LogP contribution in [0.4, 0.5) is 5.69 Å². The summed E-state index contributed by atoms with van der Waals surface area (Å²) in [5, 5.41) is 0. The number of carbonyl (C=O) groups excluding carboxylic acids is 1. The van der Waals surface area contributed by atoms with E-state index in [0.717, 1.165) is 23.4 Å². The smallest absolute Gasteiger partial charge is 0.224 e. The van der Waals surface area contributed by atoms with Crippen molar-refractivity contribution in [3.8, 4) is 5.75 Å². The Labute approximate surface area is 114 Å². The van der Waals surface area contributed by atoms with E-state index in [1.165, 1.54) is 0 Å². The highest BCUT2D eigenvalue weighted by atomic mass is 16.5. The second kappa shape index (κ2) is 4.85. The van der Waals surface area contributed by atoms with Crippen LogP contribution in [0, 0.1) is 0 Å². The first-order chi connectivity index (χ1) is 8.78. The highest BCUT2D eigenvalue weighted by Gasteiger charge is 2.33. The summed E-state index contributed by atoms with van der Waals surface area (Å²) in [5.41, 5.74) is 7.45. The maximum Gasteiger partial charge on any atom is 0.224 e. The third kappa shape index (κ3) is 3.07. The molecular weight excluding hydrogens is 240 g/mol. The number of amides is 1. The first kappa shape index (κ1) is 13.9. The Morgan fingerprint density at radius 2 is 2.21 bits per heavy atom. The second-order valence-corrected chi connectivity index (χ2v) is 5.95. The monoisotopic (exact) mass is 262 g/mol. The van der Waals surface area contributed by atoms with Gasteiger partial charge in [-0.15, -0.1) is 0 Å². The number of ether oxygens (including phenoxy) is 1. The number of fused-ring (bicyclic) bond motifs is 1. The lowest BCUT2D eigenvalue weighted by atomic mass is 10.0. The van der Waals surface area contributed by atoms with E-state index in [1.54, 1.807) is 11.8 Å². The van der Waals surface area contributed by atoms with Gasteiger partial charge in [-0.2, -0.15) is 0 Å². The maximum absolute atomic E-state index is 11.8. The van der Waals surface area contributed by atoms with Crippen molar-refractivity contribution in [2.45, 2.75) is 45.8 Å². The molecule has 1 aliphatic rings. The fourth-order valence-corrected chi connectivity index (χ4v) is 2.44. The number of nitrogens with two attached hydrogens (primary N) is 1. The fraction of sp³-hybridized carbons (Fsp3) is 0.533. The van der Waals surface area contributed by atoms with Crippen LogP contribution in [0.1, 0.15) is 33.3 Å². The van der Waals surface area contributed by atoms with Crippen LogP contribution in [0.3, 0.4) is 0 Å². The number of benzene rings is 1. The molecule has 1 aromatic rings. The largest absolute Gasteiger partial charge is 0.484 e. The van der Waals surface area contributed by atoms with Gasteiger partial charge in [0.1, 0.15) is 11.4 Å². The van der Waals surface area contributed by atoms with Crippen LogP contribution < -0.4 is 15.4 Å². The van der Waals surface area contributed by atoms with Gasteiger partial charge in [-0.05, 0) is 44.9 Å². The zero-order valence-electron chi connectivity index (χ0n) is 12.1. The topological polar surface area (TPSA) is 55.6 Å². The summed E-state index contributed by atoms with van der Waals surface area (Å²) in [4.78, 5) is 13.6. The van der Waals surface area contributed by atoms with Gasteiger partial charge in [-0.3, -0.25) is 4.79 Å². The van der Waals surface area contributed by atoms with E-state index in [0.29, 0.717) is 6.54 Å². The average molecular weight is 262 g/mol. The standard InChI is InChI=1S/C15H22N2O2/c1-10(16)7-12-5-6-14-13(8-12)17(11(2)18)9-15(3,4)19-14/h5-6,8,10H,7,9,16H2,1-4H3. The van der Waals surface area contributed by atoms with Crippen LogP contribution in [0.2, 0.25) is 0 Å². The summed E-state index contributed by atoms with van der Waals surface area (Å²) in [5.74, 6) is 0.801. The molecule has 1 unspecified atom stereocenters. The molecular formula is C15H22N2O2. The minimum Gasteiger partial charge on any atom is -0.484 e. The lowest BCUT2D eigenvalue weighted by Crippen LogP contribution is -2.48. The highest BCUT2D eigenvalue weighted by Crippen LogP contribution is 2.37. The van der Waals surface area contributed by atoms with Crippen LogP contribution in [0.25, 0.3) is 0 Å². The van der Waals surface area contributed by atoms with E-state index in [-0.39, 0.29) is 17.6 Å². The van der Waals surface area contributed by atoms with Gasteiger partial charge in [-0.1, -0.05) is 6.07 Å². The molecule has 1 heterocycles. The molecule has 0 saturated carbocycles. The van der Waals surface area contributed by atoms with Gasteiger partial charge in [-0.25, -0.2) is 0 Å². The van der Waals surface area contributed by atoms with Crippen molar-refractivity contribution in [3.05, 3.63) is 23.8 Å². The molecule has 0 radical (unpaired) electrons. The lowest BCUT2D eigenvalue weighted by Gasteiger charge is -2.39. The second-order valence-electron chi connectivity index (χ2n) is 5.95. The minimum atomic E-state index is -0.360. The van der Waals surface area contributed by atoms with Crippen LogP contribution in [0.5, 0.6) is 5.75 Å². The predicted octanol–water partition coefficient (Wildman–Crippen LogP) is 2.10. The Kier molecular flexibility index (Phi) is 3.54. The van der Waals surface area contributed by atoms with Crippen molar-refractivity contribution in [2.24, 2.45) is 5.73 Å². The summed E-state index contributed by atoms with van der Waals surface area (Å²) < 4.78 is 5.93. The Morgan fingerprint density at radius 3 is 2.79 bits per heavy atom. The third-order valence-corrected chi connectivity index (χ3v) is 3.18. The molecule has 2 rings (SSSR count). The van der Waals surface area contributed by atoms with E-state index < -0.39 is 0 Å². The first-order valence-corrected chi connectivity index (χ1v) is 6.64. The Morgan fingerprint density at radius 1 is 1.53 bits per heavy atom. The van der Waals surface area contributed by atoms with E-state index in [2.05, 4.69) is 0 Å². The molecule has 0 aromatic heterocycles. The molecule has 104 valence electrons. The van der Waals surface area contributed by atoms with Gasteiger partial charge >= 0.3 is 0 Å². The van der Waals surface area contributed by atoms with E-state index in [9.17, 15) is 4.79 Å². The number of anilines is 1. The molecule has 2 N–H and O–H groups in total. The summed E-state index contributed by atoms with van der Waals surface area (Å²) >= 11 is 0. The quantitative estimate of drug-likeness (QED) is 0.888. The van der Waals surface area contributed by atoms with Crippen LogP contribution >= 0.6 is 0 Å². The summed E-state index contributed by atoms with van der Waals surface area (Å²) in [6, 6.07) is 6.06. The summed E-state index contributed by atoms with van der Waals surface area (Å²) in [7, 11) is 0. The number of nitrogens with zero attached hydrogens (tertiary/aromatic N) is 1. The van der Waals surface area contributed by atoms with Crippen LogP contribution in [-0.2, 0) is 11.2 Å². The summed E-state index contributed by atoms with van der Waals surface area (Å²) in [6.45, 7) is 8.10. The van der Waals surface area contributed by atoms with Crippen molar-refractivity contribution in [3.63, 3.8) is 0 Å². The third-order valence-electron chi connectivity index (χ3n) is 3.18. The molecule has 1 atom stereocenters. The molecule has 0 bridgehead atoms. The van der Waals surface area contributed by atoms with E-state index >= 15 is 0 Å². The fourth-order valence-electron chi connectivity index (χ4n) is 2.44. The van der Waals surface area contributed by atoms with Gasteiger partial charge < -0.3 is 15.4 Å². The Balaban J connectivity index is 2.41. The molecule has 0 spiro atoms. The van der Waals surface area contributed by atoms with Gasteiger partial charge in [0.25, 0.3) is 0 Å². The average Bonchev–Trinajstić information content (AvgIpc) is 2.26. The van der Waals surface area contributed by atoms with E-state index in [4.69, 9.17) is 10.5 Å². The SMILES string of the molecule is CC(=O)N1CC(C)(C)Oc2ccc(CC(C)N)cc21. The number of hydrogen-bond acceptors (Lipinski definition) is 3. The van der Waals surface area contributed by atoms with Crippen molar-refractivity contribution >= 4 is 11.6 Å². The van der Waals surface area contributed by atoms with E-state index in [1.807, 2.05) is 39.0 Å². The minimum absolute atomic E-state index is 0.0376. The number of hydrogen-bond donors (Lipinski definition) is 1. The van der Waals surface area contributed by atoms with Gasteiger partial charge in [0.05, 0.1) is 12.2 Å². The van der Waals surface area contributed by atoms with Gasteiger partial charge in [0.15, 0.2) is 0 Å². The molecule has 4 heteroatoms. The first-order valence-electron chi connectivity index (χ1n) is 6.64. The molecule has 0 aliphatic carbocycles. The van der Waals surface area contributed by atoms with Crippen molar-refractivity contribution in [1.82, 2.24) is 0 Å². The molecule has 4 nitrogen and oxygen atoms in total. The molecule has 1 aromatic carbocycles. The zero-order chi connectivity index (χ0) is 14.2. The summed E-state index contributed by atoms with van der Waals surface area (Å²) in [6.07, 6.45) is 0.794. The van der Waals surface area contributed by atoms with Crippen LogP contribution in [-0.4, -0.2) is 24.1 Å². The number of rotatable bonds is 2. The van der Waals surface area contributed by atoms with Gasteiger partial charge in [0.2, 0.25) is 5.91 Å². The predicted molar refractivity (Wildman–Crippen MR) is 76.5 cm³/mol. The van der Waals surface area contributed by atoms with Crippen molar-refractivity contribution in [1.29, 1.82) is 0 Å². The molecule has 19 heavy (non-hydrogen) atoms. The van der Waals surface area contributed by atoms with Crippen molar-refractivity contribution < 1.29 is 9.53 Å². The Hall–Kier alpha value is -1.55. The van der Waals surface area contributed by atoms with Crippen molar-refractivity contribution in [2.75, 3.05) is 11.4 Å². The lowest BCUT2D eigenvalue weighted by molar-refractivity contribution is -0.117. The van der Waals surface area contributed by atoms with Gasteiger partial charge in [0, 0.05) is 13.0 Å². The van der Waals surface area contributed by atoms with Crippen LogP contribution in [0.15, 0.2) is 18.2 Å². The number of carbonyl (C=O) groups is 1. The normalized spacial score (nSPS) is 18.5. The zero-order valence-corrected chi connectivity index (χ0v) is 12.1.